The van der Waals surface area contributed by atoms with Gasteiger partial charge in [0.05, 0.1) is 13.2 Å². The lowest BCUT2D eigenvalue weighted by Gasteiger charge is -2.25. The number of hydrogen-bond acceptors (Lipinski definition) is 3. The first-order valence-corrected chi connectivity index (χ1v) is 5.22. The number of hydrogen-bond donors (Lipinski definition) is 2. The van der Waals surface area contributed by atoms with E-state index in [4.69, 9.17) is 4.74 Å². The van der Waals surface area contributed by atoms with E-state index in [1.807, 2.05) is 24.3 Å². The van der Waals surface area contributed by atoms with Crippen LogP contribution in [-0.2, 0) is 5.54 Å². The highest BCUT2D eigenvalue weighted by atomic mass is 16.5. The molecule has 1 aliphatic rings. The molecule has 0 aromatic heterocycles. The van der Waals surface area contributed by atoms with Crippen LogP contribution in [0.5, 0.6) is 5.75 Å². The van der Waals surface area contributed by atoms with Gasteiger partial charge in [0.25, 0.3) is 0 Å². The van der Waals surface area contributed by atoms with Gasteiger partial charge in [0.1, 0.15) is 5.75 Å². The van der Waals surface area contributed by atoms with E-state index in [9.17, 15) is 5.11 Å². The van der Waals surface area contributed by atoms with Crippen molar-refractivity contribution in [1.82, 2.24) is 5.32 Å². The Kier molecular flexibility index (Phi) is 2.67. The van der Waals surface area contributed by atoms with Crippen molar-refractivity contribution in [3.8, 4) is 5.75 Å². The summed E-state index contributed by atoms with van der Waals surface area (Å²) < 4.78 is 5.12. The van der Waals surface area contributed by atoms with Crippen molar-refractivity contribution < 1.29 is 9.84 Å². The largest absolute Gasteiger partial charge is 0.497 e. The minimum atomic E-state index is -0.239. The molecule has 2 atom stereocenters. The van der Waals surface area contributed by atoms with E-state index in [0.717, 1.165) is 12.2 Å². The highest BCUT2D eigenvalue weighted by Crippen LogP contribution is 2.31. The minimum absolute atomic E-state index is 0.105. The van der Waals surface area contributed by atoms with Crippen molar-refractivity contribution >= 4 is 0 Å². The van der Waals surface area contributed by atoms with E-state index in [-0.39, 0.29) is 11.6 Å². The zero-order chi connectivity index (χ0) is 10.9. The molecule has 0 spiro atoms. The second-order valence-corrected chi connectivity index (χ2v) is 4.30. The van der Waals surface area contributed by atoms with Gasteiger partial charge in [-0.1, -0.05) is 12.1 Å². The van der Waals surface area contributed by atoms with Gasteiger partial charge in [-0.05, 0) is 31.0 Å². The fourth-order valence-electron chi connectivity index (χ4n) is 2.14. The maximum atomic E-state index is 9.54. The van der Waals surface area contributed by atoms with Gasteiger partial charge in [-0.15, -0.1) is 0 Å². The smallest absolute Gasteiger partial charge is 0.118 e. The number of aliphatic hydroxyl groups is 1. The molecule has 1 aromatic rings. The van der Waals surface area contributed by atoms with Gasteiger partial charge in [0.15, 0.2) is 0 Å². The van der Waals surface area contributed by atoms with Crippen LogP contribution in [0, 0.1) is 0 Å². The Balaban J connectivity index is 2.22. The van der Waals surface area contributed by atoms with E-state index in [1.165, 1.54) is 5.56 Å². The maximum absolute atomic E-state index is 9.54. The predicted molar refractivity (Wildman–Crippen MR) is 59.0 cm³/mol. The van der Waals surface area contributed by atoms with Crippen LogP contribution in [0.25, 0.3) is 0 Å². The van der Waals surface area contributed by atoms with Gasteiger partial charge in [-0.25, -0.2) is 0 Å². The third-order valence-corrected chi connectivity index (χ3v) is 3.10. The Morgan fingerprint density at radius 3 is 2.53 bits per heavy atom. The third-order valence-electron chi connectivity index (χ3n) is 3.10. The molecule has 1 fully saturated rings. The molecule has 3 heteroatoms. The quantitative estimate of drug-likeness (QED) is 0.767. The van der Waals surface area contributed by atoms with Crippen LogP contribution in [0.15, 0.2) is 24.3 Å². The van der Waals surface area contributed by atoms with Crippen LogP contribution in [0.4, 0.5) is 0 Å². The number of methoxy groups -OCH3 is 1. The lowest BCUT2D eigenvalue weighted by molar-refractivity contribution is 0.186. The number of ether oxygens (including phenoxy) is 1. The van der Waals surface area contributed by atoms with Crippen LogP contribution in [-0.4, -0.2) is 24.9 Å². The molecular weight excluding hydrogens is 190 g/mol. The molecule has 0 bridgehead atoms. The normalized spacial score (nSPS) is 30.5. The fraction of sp³-hybridized carbons (Fsp3) is 0.500. The Morgan fingerprint density at radius 2 is 2.07 bits per heavy atom. The summed E-state index contributed by atoms with van der Waals surface area (Å²) in [7, 11) is 1.66. The Hall–Kier alpha value is -1.06. The topological polar surface area (TPSA) is 41.5 Å². The summed E-state index contributed by atoms with van der Waals surface area (Å²) in [4.78, 5) is 0. The Morgan fingerprint density at radius 1 is 1.40 bits per heavy atom. The summed E-state index contributed by atoms with van der Waals surface area (Å²) in [6, 6.07) is 7.99. The first-order chi connectivity index (χ1) is 7.14. The molecule has 0 saturated carbocycles. The van der Waals surface area contributed by atoms with Crippen LogP contribution in [0.3, 0.4) is 0 Å². The van der Waals surface area contributed by atoms with Crippen molar-refractivity contribution in [2.24, 2.45) is 0 Å². The number of nitrogens with one attached hydrogen (secondary N) is 1. The van der Waals surface area contributed by atoms with Gasteiger partial charge in [0.2, 0.25) is 0 Å². The van der Waals surface area contributed by atoms with E-state index in [0.29, 0.717) is 6.54 Å². The van der Waals surface area contributed by atoms with Gasteiger partial charge in [-0.3, -0.25) is 0 Å². The molecule has 1 aliphatic heterocycles. The Bertz CT molecular complexity index is 336. The molecule has 3 nitrogen and oxygen atoms in total. The van der Waals surface area contributed by atoms with Crippen LogP contribution >= 0.6 is 0 Å². The summed E-state index contributed by atoms with van der Waals surface area (Å²) >= 11 is 0. The first-order valence-electron chi connectivity index (χ1n) is 5.22. The monoisotopic (exact) mass is 207 g/mol. The maximum Gasteiger partial charge on any atom is 0.118 e. The number of rotatable bonds is 2. The molecule has 1 saturated heterocycles. The predicted octanol–water partition coefficient (Wildman–Crippen LogP) is 1.26. The molecule has 2 unspecified atom stereocenters. The summed E-state index contributed by atoms with van der Waals surface area (Å²) in [5.41, 5.74) is 1.09. The molecule has 82 valence electrons. The van der Waals surface area contributed by atoms with Gasteiger partial charge >= 0.3 is 0 Å². The van der Waals surface area contributed by atoms with E-state index in [1.54, 1.807) is 7.11 Å². The zero-order valence-electron chi connectivity index (χ0n) is 9.16. The average Bonchev–Trinajstić information content (AvgIpc) is 2.60. The van der Waals surface area contributed by atoms with Crippen molar-refractivity contribution in [2.75, 3.05) is 13.7 Å². The average molecular weight is 207 g/mol. The standard InChI is InChI=1S/C12H17NO2/c1-12(7-10(14)8-13-12)9-3-5-11(15-2)6-4-9/h3-6,10,13-14H,7-8H2,1-2H3. The van der Waals surface area contributed by atoms with Crippen LogP contribution < -0.4 is 10.1 Å². The first kappa shape index (κ1) is 10.5. The van der Waals surface area contributed by atoms with Crippen molar-refractivity contribution in [2.45, 2.75) is 25.0 Å². The molecule has 15 heavy (non-hydrogen) atoms. The molecule has 1 aromatic carbocycles. The lowest BCUT2D eigenvalue weighted by atomic mass is 9.90. The van der Waals surface area contributed by atoms with Gasteiger partial charge < -0.3 is 15.2 Å². The number of benzene rings is 1. The van der Waals surface area contributed by atoms with Crippen LogP contribution in [0.2, 0.25) is 0 Å². The van der Waals surface area contributed by atoms with E-state index in [2.05, 4.69) is 12.2 Å². The Labute approximate surface area is 90.1 Å². The number of aliphatic hydroxyl groups excluding tert-OH is 1. The molecule has 2 rings (SSSR count). The van der Waals surface area contributed by atoms with Gasteiger partial charge in [-0.2, -0.15) is 0 Å². The third kappa shape index (κ3) is 1.98. The van der Waals surface area contributed by atoms with Crippen molar-refractivity contribution in [3.05, 3.63) is 29.8 Å². The highest BCUT2D eigenvalue weighted by molar-refractivity contribution is 5.32. The summed E-state index contributed by atoms with van der Waals surface area (Å²) in [5.74, 6) is 0.862. The molecule has 2 N–H and O–H groups in total. The summed E-state index contributed by atoms with van der Waals surface area (Å²) in [6.45, 7) is 2.79. The molecule has 0 amide bonds. The number of β-amino-alcohol motifs (C(OH)–C–C–N with tert-alkyl or cyclic N) is 1. The molecular formula is C12H17NO2. The summed E-state index contributed by atoms with van der Waals surface area (Å²) in [6.07, 6.45) is 0.524. The van der Waals surface area contributed by atoms with Crippen LogP contribution in [0.1, 0.15) is 18.9 Å². The van der Waals surface area contributed by atoms with E-state index < -0.39 is 0 Å². The van der Waals surface area contributed by atoms with Crippen molar-refractivity contribution in [1.29, 1.82) is 0 Å². The molecule has 0 aliphatic carbocycles. The minimum Gasteiger partial charge on any atom is -0.497 e. The lowest BCUT2D eigenvalue weighted by Crippen LogP contribution is -2.32. The molecule has 0 radical (unpaired) electrons. The van der Waals surface area contributed by atoms with Gasteiger partial charge in [0, 0.05) is 12.1 Å². The second kappa shape index (κ2) is 3.83. The van der Waals surface area contributed by atoms with Crippen molar-refractivity contribution in [3.63, 3.8) is 0 Å². The SMILES string of the molecule is COc1ccc(C2(C)CC(O)CN2)cc1. The molecule has 1 heterocycles. The highest BCUT2D eigenvalue weighted by Gasteiger charge is 2.34. The fourth-order valence-corrected chi connectivity index (χ4v) is 2.14. The van der Waals surface area contributed by atoms with E-state index >= 15 is 0 Å². The summed E-state index contributed by atoms with van der Waals surface area (Å²) in [5, 5.41) is 12.9. The zero-order valence-corrected chi connectivity index (χ0v) is 9.16. The second-order valence-electron chi connectivity index (χ2n) is 4.30.